The number of hydrogen-bond acceptors (Lipinski definition) is 4. The Labute approximate surface area is 161 Å². The lowest BCUT2D eigenvalue weighted by atomic mass is 10.1. The molecule has 0 saturated carbocycles. The van der Waals surface area contributed by atoms with Gasteiger partial charge < -0.3 is 0 Å². The first-order valence-electron chi connectivity index (χ1n) is 8.28. The lowest BCUT2D eigenvalue weighted by Gasteiger charge is -2.09. The van der Waals surface area contributed by atoms with Crippen LogP contribution in [0.5, 0.6) is 0 Å². The molecule has 4 nitrogen and oxygen atoms in total. The van der Waals surface area contributed by atoms with Crippen molar-refractivity contribution in [1.82, 2.24) is 14.6 Å². The van der Waals surface area contributed by atoms with Crippen LogP contribution in [0.3, 0.4) is 0 Å². The second-order valence-corrected chi connectivity index (χ2v) is 7.01. The lowest BCUT2D eigenvalue weighted by molar-refractivity contribution is 0.825. The molecule has 0 unspecified atom stereocenters. The topological polar surface area (TPSA) is 47.3 Å². The summed E-state index contributed by atoms with van der Waals surface area (Å²) in [5.74, 6) is 0. The summed E-state index contributed by atoms with van der Waals surface area (Å²) in [5.41, 5.74) is 1.47. The van der Waals surface area contributed by atoms with Gasteiger partial charge in [-0.3, -0.25) is 4.79 Å². The molecular formula is C20H18ClN3OS. The van der Waals surface area contributed by atoms with Crippen LogP contribution in [0.4, 0.5) is 0 Å². The predicted octanol–water partition coefficient (Wildman–Crippen LogP) is 5.37. The Kier molecular flexibility index (Phi) is 5.91. The van der Waals surface area contributed by atoms with Crippen molar-refractivity contribution in [2.24, 2.45) is 0 Å². The van der Waals surface area contributed by atoms with Crippen molar-refractivity contribution in [3.05, 3.63) is 81.2 Å². The fraction of sp³-hybridized carbons (Fsp3) is 0.150. The third-order valence-electron chi connectivity index (χ3n) is 3.76. The van der Waals surface area contributed by atoms with Crippen molar-refractivity contribution in [1.29, 1.82) is 0 Å². The second-order valence-electron chi connectivity index (χ2n) is 5.51. The van der Waals surface area contributed by atoms with Crippen LogP contribution in [0.2, 0.25) is 5.02 Å². The van der Waals surface area contributed by atoms with Crippen LogP contribution in [0.25, 0.3) is 16.6 Å². The Hall–Kier alpha value is -2.37. The molecule has 2 aromatic heterocycles. The lowest BCUT2D eigenvalue weighted by Crippen LogP contribution is -2.13. The maximum absolute atomic E-state index is 12.4. The zero-order valence-electron chi connectivity index (χ0n) is 14.5. The van der Waals surface area contributed by atoms with E-state index in [1.54, 1.807) is 22.3 Å². The molecule has 1 aromatic carbocycles. The molecule has 0 bridgehead atoms. The molecule has 0 N–H and O–H groups in total. The van der Waals surface area contributed by atoms with Gasteiger partial charge in [0.1, 0.15) is 11.4 Å². The number of rotatable bonds is 5. The Bertz CT molecular complexity index is 1060. The number of hydrogen-bond donors (Lipinski definition) is 0. The van der Waals surface area contributed by atoms with Gasteiger partial charge in [-0.1, -0.05) is 66.7 Å². The zero-order valence-corrected chi connectivity index (χ0v) is 16.1. The van der Waals surface area contributed by atoms with Crippen molar-refractivity contribution in [2.75, 3.05) is 0 Å². The maximum atomic E-state index is 12.4. The smallest absolute Gasteiger partial charge is 0.267 e. The van der Waals surface area contributed by atoms with Crippen LogP contribution in [0.1, 0.15) is 20.3 Å². The molecule has 0 spiro atoms. The van der Waals surface area contributed by atoms with E-state index in [9.17, 15) is 4.79 Å². The monoisotopic (exact) mass is 383 g/mol. The highest BCUT2D eigenvalue weighted by Gasteiger charge is 2.13. The Balaban J connectivity index is 2.08. The molecular weight excluding hydrogens is 366 g/mol. The van der Waals surface area contributed by atoms with Gasteiger partial charge in [-0.25, -0.2) is 4.52 Å². The van der Waals surface area contributed by atoms with Crippen molar-refractivity contribution < 1.29 is 0 Å². The highest BCUT2D eigenvalue weighted by molar-refractivity contribution is 8.03. The number of benzene rings is 1. The number of thioether (sulfide) groups is 1. The molecule has 2 heterocycles. The van der Waals surface area contributed by atoms with Crippen LogP contribution in [0.15, 0.2) is 75.7 Å². The second kappa shape index (κ2) is 8.34. The SMILES string of the molecule is C/C=C(\C=C/CC)Sc1ccc2c(-c3ccccc3Cl)c(=O)ncn2n1. The van der Waals surface area contributed by atoms with Crippen LogP contribution in [0, 0.1) is 0 Å². The average Bonchev–Trinajstić information content (AvgIpc) is 2.66. The molecule has 0 aliphatic rings. The van der Waals surface area contributed by atoms with Crippen LogP contribution >= 0.6 is 23.4 Å². The fourth-order valence-electron chi connectivity index (χ4n) is 2.50. The van der Waals surface area contributed by atoms with Crippen molar-refractivity contribution in [3.8, 4) is 11.1 Å². The molecule has 6 heteroatoms. The van der Waals surface area contributed by atoms with Crippen LogP contribution in [-0.2, 0) is 0 Å². The number of nitrogens with zero attached hydrogens (tertiary/aromatic N) is 3. The molecule has 0 aliphatic carbocycles. The minimum absolute atomic E-state index is 0.319. The summed E-state index contributed by atoms with van der Waals surface area (Å²) >= 11 is 7.85. The van der Waals surface area contributed by atoms with Crippen LogP contribution < -0.4 is 5.56 Å². The van der Waals surface area contributed by atoms with Gasteiger partial charge in [-0.05, 0) is 31.5 Å². The van der Waals surface area contributed by atoms with E-state index in [4.69, 9.17) is 11.6 Å². The van der Waals surface area contributed by atoms with E-state index in [1.165, 1.54) is 6.33 Å². The number of halogens is 1. The summed E-state index contributed by atoms with van der Waals surface area (Å²) in [5, 5.41) is 5.92. The normalized spacial score (nSPS) is 12.2. The standard InChI is InChI=1S/C20H18ClN3OS/c1-3-5-8-14(4-2)26-18-12-11-17-19(15-9-6-7-10-16(15)21)20(25)22-13-24(17)23-18/h4-13H,3H2,1-2H3/b8-5-,14-4+. The highest BCUT2D eigenvalue weighted by Crippen LogP contribution is 2.30. The van der Waals surface area contributed by atoms with Gasteiger partial charge in [0.15, 0.2) is 0 Å². The summed E-state index contributed by atoms with van der Waals surface area (Å²) < 4.78 is 1.62. The van der Waals surface area contributed by atoms with Gasteiger partial charge >= 0.3 is 0 Å². The highest BCUT2D eigenvalue weighted by atomic mass is 35.5. The Morgan fingerprint density at radius 1 is 1.27 bits per heavy atom. The first kappa shape index (κ1) is 18.4. The van der Waals surface area contributed by atoms with E-state index < -0.39 is 0 Å². The summed E-state index contributed by atoms with van der Waals surface area (Å²) in [7, 11) is 0. The van der Waals surface area contributed by atoms with Crippen molar-refractivity contribution in [2.45, 2.75) is 25.3 Å². The van der Waals surface area contributed by atoms with Crippen molar-refractivity contribution >= 4 is 28.9 Å². The van der Waals surface area contributed by atoms with Crippen LogP contribution in [-0.4, -0.2) is 14.6 Å². The maximum Gasteiger partial charge on any atom is 0.281 e. The number of fused-ring (bicyclic) bond motifs is 1. The molecule has 0 aliphatic heterocycles. The van der Waals surface area contributed by atoms with E-state index in [2.05, 4.69) is 29.2 Å². The third kappa shape index (κ3) is 3.89. The largest absolute Gasteiger partial charge is 0.281 e. The van der Waals surface area contributed by atoms with Gasteiger partial charge in [0.05, 0.1) is 11.1 Å². The minimum Gasteiger partial charge on any atom is -0.267 e. The first-order chi connectivity index (χ1) is 12.6. The molecule has 26 heavy (non-hydrogen) atoms. The fourth-order valence-corrected chi connectivity index (χ4v) is 3.52. The molecule has 0 fully saturated rings. The zero-order chi connectivity index (χ0) is 18.5. The summed E-state index contributed by atoms with van der Waals surface area (Å²) in [6.45, 7) is 4.10. The van der Waals surface area contributed by atoms with Gasteiger partial charge in [0, 0.05) is 15.5 Å². The molecule has 3 aromatic rings. The minimum atomic E-state index is -0.319. The van der Waals surface area contributed by atoms with E-state index in [0.717, 1.165) is 16.4 Å². The summed E-state index contributed by atoms with van der Waals surface area (Å²) in [6, 6.07) is 11.0. The number of aromatic nitrogens is 3. The Morgan fingerprint density at radius 2 is 2.08 bits per heavy atom. The van der Waals surface area contributed by atoms with Crippen molar-refractivity contribution in [3.63, 3.8) is 0 Å². The summed E-state index contributed by atoms with van der Waals surface area (Å²) in [6.07, 6.45) is 8.66. The van der Waals surface area contributed by atoms with Gasteiger partial charge in [0.2, 0.25) is 0 Å². The number of allylic oxidation sites excluding steroid dienone is 3. The average molecular weight is 384 g/mol. The molecule has 0 amide bonds. The summed E-state index contributed by atoms with van der Waals surface area (Å²) in [4.78, 5) is 17.5. The predicted molar refractivity (Wildman–Crippen MR) is 109 cm³/mol. The van der Waals surface area contributed by atoms with E-state index in [1.807, 2.05) is 43.3 Å². The molecule has 0 saturated heterocycles. The van der Waals surface area contributed by atoms with E-state index in [0.29, 0.717) is 21.7 Å². The Morgan fingerprint density at radius 3 is 2.81 bits per heavy atom. The van der Waals surface area contributed by atoms with E-state index in [-0.39, 0.29) is 5.56 Å². The van der Waals surface area contributed by atoms with Gasteiger partial charge in [-0.2, -0.15) is 10.1 Å². The van der Waals surface area contributed by atoms with Gasteiger partial charge in [0.25, 0.3) is 5.56 Å². The molecule has 3 rings (SSSR count). The molecule has 0 atom stereocenters. The molecule has 132 valence electrons. The molecule has 0 radical (unpaired) electrons. The van der Waals surface area contributed by atoms with Gasteiger partial charge in [-0.15, -0.1) is 0 Å². The van der Waals surface area contributed by atoms with E-state index >= 15 is 0 Å². The quantitative estimate of drug-likeness (QED) is 0.438. The first-order valence-corrected chi connectivity index (χ1v) is 9.47. The third-order valence-corrected chi connectivity index (χ3v) is 5.12.